The zero-order chi connectivity index (χ0) is 13.7. The van der Waals surface area contributed by atoms with Crippen molar-refractivity contribution in [3.05, 3.63) is 34.9 Å². The highest BCUT2D eigenvalue weighted by Gasteiger charge is 2.19. The van der Waals surface area contributed by atoms with Crippen molar-refractivity contribution in [1.29, 1.82) is 0 Å². The van der Waals surface area contributed by atoms with Crippen molar-refractivity contribution >= 4 is 5.97 Å². The third-order valence-electron chi connectivity index (χ3n) is 3.82. The summed E-state index contributed by atoms with van der Waals surface area (Å²) in [6.45, 7) is 5.24. The summed E-state index contributed by atoms with van der Waals surface area (Å²) in [7, 11) is 0. The highest BCUT2D eigenvalue weighted by molar-refractivity contribution is 5.87. The van der Waals surface area contributed by atoms with Gasteiger partial charge in [-0.2, -0.15) is 0 Å². The van der Waals surface area contributed by atoms with Gasteiger partial charge in [0.15, 0.2) is 0 Å². The summed E-state index contributed by atoms with van der Waals surface area (Å²) >= 11 is 0. The van der Waals surface area contributed by atoms with Gasteiger partial charge < -0.3 is 5.11 Å². The fraction of sp³-hybridized carbons (Fsp3) is 0.562. The number of aromatic carboxylic acids is 1. The van der Waals surface area contributed by atoms with Crippen molar-refractivity contribution < 1.29 is 9.90 Å². The quantitative estimate of drug-likeness (QED) is 0.761. The molecular formula is C16H23NO2. The van der Waals surface area contributed by atoms with E-state index in [-0.39, 0.29) is 0 Å². The molecule has 0 saturated carbocycles. The molecule has 1 aliphatic heterocycles. The molecule has 0 bridgehead atoms. The Morgan fingerprint density at radius 1 is 1.16 bits per heavy atom. The van der Waals surface area contributed by atoms with Gasteiger partial charge in [-0.1, -0.05) is 38.7 Å². The second kappa shape index (κ2) is 6.71. The van der Waals surface area contributed by atoms with Crippen LogP contribution >= 0.6 is 0 Å². The lowest BCUT2D eigenvalue weighted by Gasteiger charge is -2.14. The van der Waals surface area contributed by atoms with E-state index in [0.717, 1.165) is 19.6 Å². The Morgan fingerprint density at radius 3 is 2.63 bits per heavy atom. The molecule has 1 aliphatic rings. The standard InChI is InChI=1S/C16H23NO2/c1-2-3-4-5-6-9-17-11-14-8-7-13(16(18)19)10-15(14)12-17/h7-8,10H,2-6,9,11-12H2,1H3,(H,18,19). The van der Waals surface area contributed by atoms with E-state index in [2.05, 4.69) is 11.8 Å². The average Bonchev–Trinajstić information content (AvgIpc) is 2.80. The van der Waals surface area contributed by atoms with E-state index in [1.165, 1.54) is 43.2 Å². The molecule has 19 heavy (non-hydrogen) atoms. The van der Waals surface area contributed by atoms with Crippen molar-refractivity contribution in [2.24, 2.45) is 0 Å². The van der Waals surface area contributed by atoms with E-state index < -0.39 is 5.97 Å². The fourth-order valence-electron chi connectivity index (χ4n) is 2.70. The Kier molecular flexibility index (Phi) is 4.97. The topological polar surface area (TPSA) is 40.5 Å². The van der Waals surface area contributed by atoms with E-state index in [1.807, 2.05) is 12.1 Å². The zero-order valence-electron chi connectivity index (χ0n) is 11.7. The van der Waals surface area contributed by atoms with Gasteiger partial charge in [0.2, 0.25) is 0 Å². The number of carboxylic acids is 1. The van der Waals surface area contributed by atoms with Crippen LogP contribution in [-0.2, 0) is 13.1 Å². The summed E-state index contributed by atoms with van der Waals surface area (Å²) in [5.41, 5.74) is 2.88. The Balaban J connectivity index is 1.81. The maximum Gasteiger partial charge on any atom is 0.335 e. The van der Waals surface area contributed by atoms with Crippen LogP contribution in [0.1, 0.15) is 60.5 Å². The third kappa shape index (κ3) is 3.80. The first-order valence-corrected chi connectivity index (χ1v) is 7.28. The van der Waals surface area contributed by atoms with Gasteiger partial charge in [0, 0.05) is 13.1 Å². The lowest BCUT2D eigenvalue weighted by Crippen LogP contribution is -2.17. The van der Waals surface area contributed by atoms with Gasteiger partial charge in [-0.25, -0.2) is 4.79 Å². The van der Waals surface area contributed by atoms with Gasteiger partial charge in [-0.3, -0.25) is 4.90 Å². The molecule has 3 nitrogen and oxygen atoms in total. The van der Waals surface area contributed by atoms with Crippen LogP contribution in [0.25, 0.3) is 0 Å². The molecule has 1 aromatic rings. The molecule has 1 N–H and O–H groups in total. The molecule has 0 saturated heterocycles. The van der Waals surface area contributed by atoms with Crippen LogP contribution in [0.15, 0.2) is 18.2 Å². The minimum absolute atomic E-state index is 0.406. The van der Waals surface area contributed by atoms with Crippen molar-refractivity contribution in [2.45, 2.75) is 52.1 Å². The Morgan fingerprint density at radius 2 is 1.89 bits per heavy atom. The number of nitrogens with zero attached hydrogens (tertiary/aromatic N) is 1. The highest BCUT2D eigenvalue weighted by Crippen LogP contribution is 2.24. The van der Waals surface area contributed by atoms with Gasteiger partial charge in [0.25, 0.3) is 0 Å². The summed E-state index contributed by atoms with van der Waals surface area (Å²) < 4.78 is 0. The number of hydrogen-bond acceptors (Lipinski definition) is 2. The summed E-state index contributed by atoms with van der Waals surface area (Å²) in [5.74, 6) is -0.833. The molecule has 0 atom stereocenters. The maximum atomic E-state index is 10.9. The van der Waals surface area contributed by atoms with Crippen molar-refractivity contribution in [2.75, 3.05) is 6.54 Å². The summed E-state index contributed by atoms with van der Waals surface area (Å²) in [6, 6.07) is 5.51. The maximum absolute atomic E-state index is 10.9. The summed E-state index contributed by atoms with van der Waals surface area (Å²) in [6.07, 6.45) is 6.51. The molecule has 0 unspecified atom stereocenters. The van der Waals surface area contributed by atoms with Crippen LogP contribution < -0.4 is 0 Å². The van der Waals surface area contributed by atoms with Crippen molar-refractivity contribution in [1.82, 2.24) is 4.90 Å². The van der Waals surface area contributed by atoms with Crippen LogP contribution in [0.4, 0.5) is 0 Å². The Hall–Kier alpha value is -1.35. The van der Waals surface area contributed by atoms with Gasteiger partial charge in [-0.05, 0) is 36.2 Å². The largest absolute Gasteiger partial charge is 0.478 e. The zero-order valence-corrected chi connectivity index (χ0v) is 11.7. The molecule has 0 spiro atoms. The molecule has 0 radical (unpaired) electrons. The van der Waals surface area contributed by atoms with E-state index in [4.69, 9.17) is 5.11 Å². The monoisotopic (exact) mass is 261 g/mol. The molecular weight excluding hydrogens is 238 g/mol. The second-order valence-corrected chi connectivity index (χ2v) is 5.41. The van der Waals surface area contributed by atoms with Crippen LogP contribution in [-0.4, -0.2) is 22.5 Å². The predicted octanol–water partition coefficient (Wildman–Crippen LogP) is 3.67. The summed E-state index contributed by atoms with van der Waals surface area (Å²) in [5, 5.41) is 8.99. The van der Waals surface area contributed by atoms with Crippen LogP contribution in [0.5, 0.6) is 0 Å². The highest BCUT2D eigenvalue weighted by atomic mass is 16.4. The Bertz CT molecular complexity index is 442. The number of benzene rings is 1. The SMILES string of the molecule is CCCCCCCN1Cc2ccc(C(=O)O)cc2C1. The number of carboxylic acid groups (broad SMARTS) is 1. The lowest BCUT2D eigenvalue weighted by molar-refractivity contribution is 0.0696. The van der Waals surface area contributed by atoms with Crippen LogP contribution in [0.2, 0.25) is 0 Å². The minimum Gasteiger partial charge on any atom is -0.478 e. The first-order valence-electron chi connectivity index (χ1n) is 7.28. The van der Waals surface area contributed by atoms with Crippen molar-refractivity contribution in [3.8, 4) is 0 Å². The van der Waals surface area contributed by atoms with Crippen molar-refractivity contribution in [3.63, 3.8) is 0 Å². The minimum atomic E-state index is -0.833. The number of carbonyl (C=O) groups is 1. The molecule has 1 aromatic carbocycles. The fourth-order valence-corrected chi connectivity index (χ4v) is 2.70. The first-order chi connectivity index (χ1) is 9.20. The Labute approximate surface area is 115 Å². The third-order valence-corrected chi connectivity index (χ3v) is 3.82. The van der Waals surface area contributed by atoms with Gasteiger partial charge in [-0.15, -0.1) is 0 Å². The van der Waals surface area contributed by atoms with Gasteiger partial charge in [0.05, 0.1) is 5.56 Å². The van der Waals surface area contributed by atoms with Gasteiger partial charge >= 0.3 is 5.97 Å². The molecule has 2 rings (SSSR count). The number of hydrogen-bond donors (Lipinski definition) is 1. The van der Waals surface area contributed by atoms with E-state index in [0.29, 0.717) is 5.56 Å². The van der Waals surface area contributed by atoms with E-state index >= 15 is 0 Å². The molecule has 0 aromatic heterocycles. The molecule has 1 heterocycles. The predicted molar refractivity (Wildman–Crippen MR) is 76.3 cm³/mol. The smallest absolute Gasteiger partial charge is 0.335 e. The number of fused-ring (bicyclic) bond motifs is 1. The average molecular weight is 261 g/mol. The molecule has 0 fully saturated rings. The second-order valence-electron chi connectivity index (χ2n) is 5.41. The number of unbranched alkanes of at least 4 members (excludes halogenated alkanes) is 4. The number of rotatable bonds is 7. The van der Waals surface area contributed by atoms with E-state index in [1.54, 1.807) is 6.07 Å². The van der Waals surface area contributed by atoms with Crippen LogP contribution in [0.3, 0.4) is 0 Å². The normalized spacial score (nSPS) is 14.6. The summed E-state index contributed by atoms with van der Waals surface area (Å²) in [4.78, 5) is 13.4. The molecule has 0 aliphatic carbocycles. The molecule has 104 valence electrons. The van der Waals surface area contributed by atoms with Crippen LogP contribution in [0, 0.1) is 0 Å². The molecule has 0 amide bonds. The van der Waals surface area contributed by atoms with E-state index in [9.17, 15) is 4.79 Å². The lowest BCUT2D eigenvalue weighted by atomic mass is 10.1. The van der Waals surface area contributed by atoms with Gasteiger partial charge in [0.1, 0.15) is 0 Å². The molecule has 3 heteroatoms. The first kappa shape index (κ1) is 14.1.